The van der Waals surface area contributed by atoms with Crippen LogP contribution in [-0.4, -0.2) is 29.7 Å². The van der Waals surface area contributed by atoms with Gasteiger partial charge in [-0.05, 0) is 42.0 Å². The topological polar surface area (TPSA) is 104 Å². The van der Waals surface area contributed by atoms with E-state index in [9.17, 15) is 4.79 Å². The molecule has 0 spiro atoms. The average molecular weight is 426 g/mol. The zero-order chi connectivity index (χ0) is 20.0. The van der Waals surface area contributed by atoms with E-state index in [4.69, 9.17) is 23.2 Å². The summed E-state index contributed by atoms with van der Waals surface area (Å²) in [6.45, 7) is 0.469. The number of hydrogen-bond acceptors (Lipinski definition) is 5. The molecule has 5 rings (SSSR count). The molecular weight excluding hydrogens is 413 g/mol. The molecule has 0 aliphatic rings. The van der Waals surface area contributed by atoms with Crippen LogP contribution in [-0.2, 0) is 6.54 Å². The number of hydrogen-bond donors (Lipinski definition) is 3. The summed E-state index contributed by atoms with van der Waals surface area (Å²) >= 11 is 12.2. The van der Waals surface area contributed by atoms with Gasteiger partial charge < -0.3 is 15.3 Å². The Morgan fingerprint density at radius 3 is 2.62 bits per heavy atom. The molecule has 5 aromatic rings. The van der Waals surface area contributed by atoms with Crippen LogP contribution in [0.2, 0.25) is 10.0 Å². The Balaban J connectivity index is 1.49. The van der Waals surface area contributed by atoms with Crippen molar-refractivity contribution >= 4 is 56.8 Å². The molecule has 0 aliphatic carbocycles. The van der Waals surface area contributed by atoms with Crippen molar-refractivity contribution < 1.29 is 0 Å². The van der Waals surface area contributed by atoms with E-state index in [-0.39, 0.29) is 5.69 Å². The van der Waals surface area contributed by atoms with Crippen molar-refractivity contribution in [2.24, 2.45) is 0 Å². The van der Waals surface area contributed by atoms with Crippen molar-refractivity contribution in [2.75, 3.05) is 5.32 Å². The first kappa shape index (κ1) is 17.7. The summed E-state index contributed by atoms with van der Waals surface area (Å²) in [5, 5.41) is 9.61. The van der Waals surface area contributed by atoms with Crippen molar-refractivity contribution in [3.05, 3.63) is 75.0 Å². The lowest BCUT2D eigenvalue weighted by Crippen LogP contribution is -2.03. The predicted molar refractivity (Wildman–Crippen MR) is 113 cm³/mol. The molecule has 0 unspecified atom stereocenters. The third-order valence-corrected chi connectivity index (χ3v) is 4.90. The molecule has 3 N–H and O–H groups in total. The molecular formula is C19H13Cl2N7O. The zero-order valence-electron chi connectivity index (χ0n) is 14.8. The molecule has 2 aromatic carbocycles. The number of nitrogens with one attached hydrogen (secondary N) is 3. The summed E-state index contributed by atoms with van der Waals surface area (Å²) < 4.78 is 1.76. The Hall–Kier alpha value is -3.36. The highest BCUT2D eigenvalue weighted by atomic mass is 35.5. The second kappa shape index (κ2) is 6.91. The first-order valence-electron chi connectivity index (χ1n) is 8.66. The van der Waals surface area contributed by atoms with E-state index in [0.29, 0.717) is 33.6 Å². The smallest absolute Gasteiger partial charge is 0.323 e. The van der Waals surface area contributed by atoms with Crippen molar-refractivity contribution in [3.8, 4) is 0 Å². The highest BCUT2D eigenvalue weighted by Gasteiger charge is 2.11. The minimum atomic E-state index is -0.246. The number of imidazole rings is 1. The Morgan fingerprint density at radius 1 is 1.00 bits per heavy atom. The normalized spacial score (nSPS) is 11.4. The van der Waals surface area contributed by atoms with Gasteiger partial charge in [0.2, 0.25) is 0 Å². The second-order valence-corrected chi connectivity index (χ2v) is 7.38. The third-order valence-electron chi connectivity index (χ3n) is 4.47. The van der Waals surface area contributed by atoms with Crippen LogP contribution in [0.1, 0.15) is 5.56 Å². The first-order valence-corrected chi connectivity index (χ1v) is 9.41. The Kier molecular flexibility index (Phi) is 4.22. The van der Waals surface area contributed by atoms with Crippen molar-refractivity contribution in [1.82, 2.24) is 29.7 Å². The fraction of sp³-hybridized carbons (Fsp3) is 0.0526. The molecule has 0 bridgehead atoms. The van der Waals surface area contributed by atoms with E-state index in [1.165, 1.54) is 6.33 Å². The standard InChI is InChI=1S/C19H13Cl2N7O/c20-11-3-10(4-12(21)5-11)8-28-18-14(7-24-28)17(22-9-23-18)25-13-1-2-15-16(6-13)27-19(29)26-15/h1-7,9H,8H2,(H,22,23,25)(H2,26,27,29). The predicted octanol–water partition coefficient (Wildman–Crippen LogP) is 4.09. The molecule has 3 heterocycles. The summed E-state index contributed by atoms with van der Waals surface area (Å²) in [6.07, 6.45) is 3.19. The monoisotopic (exact) mass is 425 g/mol. The molecule has 0 fully saturated rings. The minimum absolute atomic E-state index is 0.246. The van der Waals surface area contributed by atoms with Gasteiger partial charge >= 0.3 is 5.69 Å². The van der Waals surface area contributed by atoms with Gasteiger partial charge in [0.15, 0.2) is 5.65 Å². The molecule has 0 radical (unpaired) electrons. The van der Waals surface area contributed by atoms with Crippen LogP contribution in [0.3, 0.4) is 0 Å². The fourth-order valence-corrected chi connectivity index (χ4v) is 3.80. The molecule has 29 heavy (non-hydrogen) atoms. The third kappa shape index (κ3) is 3.43. The molecule has 0 saturated carbocycles. The van der Waals surface area contributed by atoms with Gasteiger partial charge in [-0.1, -0.05) is 23.2 Å². The molecule has 0 amide bonds. The Bertz CT molecular complexity index is 1400. The number of halogens is 2. The van der Waals surface area contributed by atoms with E-state index >= 15 is 0 Å². The average Bonchev–Trinajstić information content (AvgIpc) is 3.24. The van der Waals surface area contributed by atoms with E-state index < -0.39 is 0 Å². The SMILES string of the molecule is O=c1[nH]c2ccc(Nc3ncnc4c3cnn4Cc3cc(Cl)cc(Cl)c3)cc2[nH]1. The Morgan fingerprint density at radius 2 is 1.79 bits per heavy atom. The lowest BCUT2D eigenvalue weighted by Gasteiger charge is -2.08. The van der Waals surface area contributed by atoms with E-state index in [0.717, 1.165) is 22.2 Å². The van der Waals surface area contributed by atoms with Crippen LogP contribution in [0, 0.1) is 0 Å². The molecule has 8 nitrogen and oxygen atoms in total. The highest BCUT2D eigenvalue weighted by molar-refractivity contribution is 6.34. The van der Waals surface area contributed by atoms with Crippen LogP contribution in [0.15, 0.2) is 53.7 Å². The lowest BCUT2D eigenvalue weighted by atomic mass is 10.2. The van der Waals surface area contributed by atoms with Crippen LogP contribution < -0.4 is 11.0 Å². The number of aromatic nitrogens is 6. The second-order valence-electron chi connectivity index (χ2n) is 6.50. The lowest BCUT2D eigenvalue weighted by molar-refractivity contribution is 0.704. The van der Waals surface area contributed by atoms with Gasteiger partial charge in [0.1, 0.15) is 12.1 Å². The Labute approximate surface area is 173 Å². The molecule has 0 atom stereocenters. The van der Waals surface area contributed by atoms with E-state index in [1.54, 1.807) is 16.9 Å². The van der Waals surface area contributed by atoms with E-state index in [1.807, 2.05) is 30.3 Å². The van der Waals surface area contributed by atoms with Crippen molar-refractivity contribution in [1.29, 1.82) is 0 Å². The van der Waals surface area contributed by atoms with Crippen LogP contribution >= 0.6 is 23.2 Å². The summed E-state index contributed by atoms with van der Waals surface area (Å²) in [5.74, 6) is 0.614. The number of nitrogens with zero attached hydrogens (tertiary/aromatic N) is 4. The molecule has 3 aromatic heterocycles. The maximum Gasteiger partial charge on any atom is 0.323 e. The largest absolute Gasteiger partial charge is 0.339 e. The fourth-order valence-electron chi connectivity index (χ4n) is 3.23. The number of aromatic amines is 2. The molecule has 10 heteroatoms. The maximum absolute atomic E-state index is 11.4. The van der Waals surface area contributed by atoms with E-state index in [2.05, 4.69) is 30.4 Å². The van der Waals surface area contributed by atoms with Gasteiger partial charge in [0.25, 0.3) is 0 Å². The van der Waals surface area contributed by atoms with Crippen LogP contribution in [0.4, 0.5) is 11.5 Å². The maximum atomic E-state index is 11.4. The van der Waals surface area contributed by atoms with Gasteiger partial charge in [-0.25, -0.2) is 19.4 Å². The van der Waals surface area contributed by atoms with Crippen LogP contribution in [0.25, 0.3) is 22.1 Å². The summed E-state index contributed by atoms with van der Waals surface area (Å²) in [6, 6.07) is 10.9. The number of anilines is 2. The molecule has 0 aliphatic heterocycles. The zero-order valence-corrected chi connectivity index (χ0v) is 16.3. The van der Waals surface area contributed by atoms with Gasteiger partial charge in [0, 0.05) is 15.7 Å². The molecule has 144 valence electrons. The summed E-state index contributed by atoms with van der Waals surface area (Å²) in [7, 11) is 0. The number of fused-ring (bicyclic) bond motifs is 2. The number of benzene rings is 2. The van der Waals surface area contributed by atoms with Crippen molar-refractivity contribution in [2.45, 2.75) is 6.54 Å². The highest BCUT2D eigenvalue weighted by Crippen LogP contribution is 2.25. The minimum Gasteiger partial charge on any atom is -0.339 e. The van der Waals surface area contributed by atoms with Crippen molar-refractivity contribution in [3.63, 3.8) is 0 Å². The van der Waals surface area contributed by atoms with Gasteiger partial charge in [-0.2, -0.15) is 5.10 Å². The number of H-pyrrole nitrogens is 2. The van der Waals surface area contributed by atoms with Gasteiger partial charge in [-0.3, -0.25) is 0 Å². The number of rotatable bonds is 4. The molecule has 0 saturated heterocycles. The summed E-state index contributed by atoms with van der Waals surface area (Å²) in [5.41, 5.74) is 3.57. The van der Waals surface area contributed by atoms with Gasteiger partial charge in [0.05, 0.1) is 29.2 Å². The van der Waals surface area contributed by atoms with Crippen LogP contribution in [0.5, 0.6) is 0 Å². The summed E-state index contributed by atoms with van der Waals surface area (Å²) in [4.78, 5) is 25.6. The van der Waals surface area contributed by atoms with Gasteiger partial charge in [-0.15, -0.1) is 0 Å². The quantitative estimate of drug-likeness (QED) is 0.402. The first-order chi connectivity index (χ1) is 14.0.